The highest BCUT2D eigenvalue weighted by Gasteiger charge is 2.56. The molecule has 6 nitrogen and oxygen atoms in total. The highest BCUT2D eigenvalue weighted by molar-refractivity contribution is 7.91. The monoisotopic (exact) mass is 318 g/mol. The predicted octanol–water partition coefficient (Wildman–Crippen LogP) is 1.11. The van der Waals surface area contributed by atoms with Crippen LogP contribution < -0.4 is 0 Å². The molecule has 0 aliphatic carbocycles. The summed E-state index contributed by atoms with van der Waals surface area (Å²) in [7, 11) is -3.24. The Morgan fingerprint density at radius 2 is 1.76 bits per heavy atom. The maximum Gasteiger partial charge on any atom is 0.324 e. The first-order valence-corrected chi connectivity index (χ1v) is 8.82. The first-order chi connectivity index (χ1) is 9.84. The van der Waals surface area contributed by atoms with Crippen LogP contribution in [0.3, 0.4) is 0 Å². The van der Waals surface area contributed by atoms with Gasteiger partial charge in [-0.3, -0.25) is 9.59 Å². The van der Waals surface area contributed by atoms with Crippen LogP contribution in [-0.2, 0) is 28.9 Å². The van der Waals surface area contributed by atoms with Crippen LogP contribution in [0, 0.1) is 11.3 Å². The lowest BCUT2D eigenvalue weighted by molar-refractivity contribution is -0.176. The zero-order chi connectivity index (χ0) is 16.1. The van der Waals surface area contributed by atoms with Gasteiger partial charge in [-0.15, -0.1) is 6.58 Å². The normalized spacial score (nSPS) is 20.8. The average molecular weight is 318 g/mol. The number of rotatable bonds is 7. The fourth-order valence-corrected chi connectivity index (χ4v) is 4.56. The molecule has 7 heteroatoms. The lowest BCUT2D eigenvalue weighted by Crippen LogP contribution is -2.48. The van der Waals surface area contributed by atoms with E-state index in [0.717, 1.165) is 0 Å². The Balaban J connectivity index is 3.26. The highest BCUT2D eigenvalue weighted by Crippen LogP contribution is 2.41. The molecule has 0 radical (unpaired) electrons. The minimum absolute atomic E-state index is 0.00481. The van der Waals surface area contributed by atoms with Crippen molar-refractivity contribution in [3.8, 4) is 0 Å². The van der Waals surface area contributed by atoms with Crippen LogP contribution in [0.5, 0.6) is 0 Å². The summed E-state index contributed by atoms with van der Waals surface area (Å²) in [4.78, 5) is 24.8. The maximum absolute atomic E-state index is 12.4. The summed E-state index contributed by atoms with van der Waals surface area (Å²) in [5, 5.41) is 0. The number of carbonyl (C=O) groups excluding carboxylic acids is 2. The zero-order valence-corrected chi connectivity index (χ0v) is 13.3. The molecule has 1 aliphatic heterocycles. The van der Waals surface area contributed by atoms with Crippen molar-refractivity contribution in [1.82, 2.24) is 0 Å². The summed E-state index contributed by atoms with van der Waals surface area (Å²) in [5.41, 5.74) is -1.61. The summed E-state index contributed by atoms with van der Waals surface area (Å²) >= 11 is 0. The van der Waals surface area contributed by atoms with E-state index in [-0.39, 0.29) is 37.6 Å². The van der Waals surface area contributed by atoms with E-state index in [2.05, 4.69) is 6.58 Å². The third kappa shape index (κ3) is 3.64. The number of carbonyl (C=O) groups is 2. The quantitative estimate of drug-likeness (QED) is 0.397. The Morgan fingerprint density at radius 3 is 2.10 bits per heavy atom. The van der Waals surface area contributed by atoms with E-state index < -0.39 is 33.1 Å². The van der Waals surface area contributed by atoms with Gasteiger partial charge in [0.15, 0.2) is 15.3 Å². The van der Waals surface area contributed by atoms with E-state index in [0.29, 0.717) is 0 Å². The third-order valence-corrected chi connectivity index (χ3v) is 5.44. The second kappa shape index (κ2) is 7.06. The Bertz CT molecular complexity index is 490. The number of allylic oxidation sites excluding steroid dienone is 1. The first kappa shape index (κ1) is 17.7. The molecule has 1 atom stereocenters. The van der Waals surface area contributed by atoms with Crippen LogP contribution >= 0.6 is 0 Å². The number of sulfone groups is 1. The summed E-state index contributed by atoms with van der Waals surface area (Å²) in [6.45, 7) is 7.05. The van der Waals surface area contributed by atoms with E-state index in [1.807, 2.05) is 0 Å². The number of hydrogen-bond acceptors (Lipinski definition) is 6. The van der Waals surface area contributed by atoms with Crippen LogP contribution in [0.15, 0.2) is 12.7 Å². The molecule has 0 N–H and O–H groups in total. The minimum Gasteiger partial charge on any atom is -0.465 e. The van der Waals surface area contributed by atoms with E-state index >= 15 is 0 Å². The molecule has 21 heavy (non-hydrogen) atoms. The standard InChI is InChI=1S/C14H22O6S/c1-4-8-14(12(15)19-5-2,13(16)20-6-3)11-7-9-21(17,18)10-11/h4,11H,1,5-10H2,2-3H3. The Labute approximate surface area is 125 Å². The van der Waals surface area contributed by atoms with Crippen molar-refractivity contribution in [1.29, 1.82) is 0 Å². The van der Waals surface area contributed by atoms with E-state index in [4.69, 9.17) is 9.47 Å². The van der Waals surface area contributed by atoms with Crippen LogP contribution in [0.25, 0.3) is 0 Å². The minimum atomic E-state index is -3.24. The van der Waals surface area contributed by atoms with Crippen molar-refractivity contribution < 1.29 is 27.5 Å². The molecule has 1 saturated heterocycles. The molecule has 1 heterocycles. The lowest BCUT2D eigenvalue weighted by Gasteiger charge is -2.32. The molecule has 0 amide bonds. The van der Waals surface area contributed by atoms with Crippen molar-refractivity contribution in [2.24, 2.45) is 11.3 Å². The van der Waals surface area contributed by atoms with Crippen molar-refractivity contribution in [3.05, 3.63) is 12.7 Å². The van der Waals surface area contributed by atoms with E-state index in [9.17, 15) is 18.0 Å². The van der Waals surface area contributed by atoms with Crippen LogP contribution in [-0.4, -0.2) is 45.1 Å². The highest BCUT2D eigenvalue weighted by atomic mass is 32.2. The van der Waals surface area contributed by atoms with Crippen LogP contribution in [0.1, 0.15) is 26.7 Å². The molecule has 1 aliphatic rings. The molecule has 0 bridgehead atoms. The van der Waals surface area contributed by atoms with Gasteiger partial charge >= 0.3 is 11.9 Å². The van der Waals surface area contributed by atoms with Gasteiger partial charge in [-0.05, 0) is 26.7 Å². The number of esters is 2. The maximum atomic E-state index is 12.4. The van der Waals surface area contributed by atoms with Gasteiger partial charge in [-0.25, -0.2) is 8.42 Å². The van der Waals surface area contributed by atoms with Gasteiger partial charge in [0.05, 0.1) is 24.7 Å². The smallest absolute Gasteiger partial charge is 0.324 e. The fourth-order valence-electron chi connectivity index (χ4n) is 2.68. The molecule has 0 saturated carbocycles. The number of hydrogen-bond donors (Lipinski definition) is 0. The topological polar surface area (TPSA) is 86.7 Å². The van der Waals surface area contributed by atoms with E-state index in [1.165, 1.54) is 6.08 Å². The molecule has 0 aromatic rings. The Kier molecular flexibility index (Phi) is 5.95. The van der Waals surface area contributed by atoms with Crippen molar-refractivity contribution in [2.75, 3.05) is 24.7 Å². The van der Waals surface area contributed by atoms with Crippen molar-refractivity contribution in [2.45, 2.75) is 26.7 Å². The van der Waals surface area contributed by atoms with Crippen molar-refractivity contribution in [3.63, 3.8) is 0 Å². The Morgan fingerprint density at radius 1 is 1.24 bits per heavy atom. The predicted molar refractivity (Wildman–Crippen MR) is 77.3 cm³/mol. The van der Waals surface area contributed by atoms with Gasteiger partial charge < -0.3 is 9.47 Å². The zero-order valence-electron chi connectivity index (χ0n) is 12.5. The molecule has 1 unspecified atom stereocenters. The van der Waals surface area contributed by atoms with Gasteiger partial charge in [0.25, 0.3) is 0 Å². The summed E-state index contributed by atoms with van der Waals surface area (Å²) < 4.78 is 33.5. The third-order valence-electron chi connectivity index (χ3n) is 3.68. The van der Waals surface area contributed by atoms with Crippen LogP contribution in [0.2, 0.25) is 0 Å². The number of ether oxygens (including phenoxy) is 2. The molecule has 1 rings (SSSR count). The molecule has 0 aromatic heterocycles. The van der Waals surface area contributed by atoms with Crippen molar-refractivity contribution >= 4 is 21.8 Å². The SMILES string of the molecule is C=CCC(C(=O)OCC)(C(=O)OCC)C1CCS(=O)(=O)C1. The second-order valence-electron chi connectivity index (χ2n) is 5.01. The molecular weight excluding hydrogens is 296 g/mol. The molecular formula is C14H22O6S. The fraction of sp³-hybridized carbons (Fsp3) is 0.714. The van der Waals surface area contributed by atoms with Crippen LogP contribution in [0.4, 0.5) is 0 Å². The van der Waals surface area contributed by atoms with Gasteiger partial charge in [-0.1, -0.05) is 6.08 Å². The van der Waals surface area contributed by atoms with E-state index in [1.54, 1.807) is 13.8 Å². The summed E-state index contributed by atoms with van der Waals surface area (Å²) in [6.07, 6.45) is 1.68. The van der Waals surface area contributed by atoms with Gasteiger partial charge in [0.1, 0.15) is 0 Å². The summed E-state index contributed by atoms with van der Waals surface area (Å²) in [6, 6.07) is 0. The molecule has 0 aromatic carbocycles. The summed E-state index contributed by atoms with van der Waals surface area (Å²) in [5.74, 6) is -2.34. The van der Waals surface area contributed by atoms with Gasteiger partial charge in [0, 0.05) is 5.92 Å². The average Bonchev–Trinajstić information content (AvgIpc) is 2.77. The lowest BCUT2D eigenvalue weighted by atomic mass is 9.72. The van der Waals surface area contributed by atoms with Gasteiger partial charge in [-0.2, -0.15) is 0 Å². The Hall–Kier alpha value is -1.37. The second-order valence-corrected chi connectivity index (χ2v) is 7.23. The first-order valence-electron chi connectivity index (χ1n) is 6.99. The molecule has 1 fully saturated rings. The largest absolute Gasteiger partial charge is 0.465 e. The molecule has 0 spiro atoms. The van der Waals surface area contributed by atoms with Gasteiger partial charge in [0.2, 0.25) is 0 Å². The molecule has 120 valence electrons.